The predicted molar refractivity (Wildman–Crippen MR) is 154 cm³/mol. The fourth-order valence-corrected chi connectivity index (χ4v) is 6.06. The number of halogens is 1. The first-order valence-corrected chi connectivity index (χ1v) is 14.4. The van der Waals surface area contributed by atoms with Gasteiger partial charge in [0.2, 0.25) is 5.91 Å². The molecule has 1 N–H and O–H groups in total. The van der Waals surface area contributed by atoms with Gasteiger partial charge in [-0.2, -0.15) is 0 Å². The van der Waals surface area contributed by atoms with Crippen molar-refractivity contribution in [2.24, 2.45) is 0 Å². The number of nitrogens with zero attached hydrogens (tertiary/aromatic N) is 2. The maximum Gasteiger partial charge on any atom is 0.348 e. The zero-order chi connectivity index (χ0) is 27.1. The van der Waals surface area contributed by atoms with Gasteiger partial charge >= 0.3 is 5.97 Å². The van der Waals surface area contributed by atoms with Gasteiger partial charge < -0.3 is 10.1 Å². The summed E-state index contributed by atoms with van der Waals surface area (Å²) in [6.07, 6.45) is 1.31. The predicted octanol–water partition coefficient (Wildman–Crippen LogP) is 5.29. The molecule has 4 rings (SSSR count). The number of carbonyl (C=O) groups excluding carboxylic acids is 2. The summed E-state index contributed by atoms with van der Waals surface area (Å²) in [5.41, 5.74) is 2.50. The Bertz CT molecular complexity index is 1480. The number of rotatable bonds is 11. The van der Waals surface area contributed by atoms with E-state index in [1.807, 2.05) is 54.6 Å². The Morgan fingerprint density at radius 2 is 1.79 bits per heavy atom. The number of hydrogen-bond acceptors (Lipinski definition) is 7. The first kappa shape index (κ1) is 27.9. The topological polar surface area (TPSA) is 90.3 Å². The van der Waals surface area contributed by atoms with Crippen LogP contribution in [-0.4, -0.2) is 40.3 Å². The van der Waals surface area contributed by atoms with Crippen molar-refractivity contribution in [3.8, 4) is 0 Å². The van der Waals surface area contributed by atoms with Gasteiger partial charge in [0.15, 0.2) is 5.16 Å². The Morgan fingerprint density at radius 1 is 1.08 bits per heavy atom. The van der Waals surface area contributed by atoms with E-state index in [-0.39, 0.29) is 23.8 Å². The van der Waals surface area contributed by atoms with Crippen molar-refractivity contribution >= 4 is 56.8 Å². The van der Waals surface area contributed by atoms with E-state index >= 15 is 0 Å². The highest BCUT2D eigenvalue weighted by atomic mass is 35.5. The summed E-state index contributed by atoms with van der Waals surface area (Å²) < 4.78 is 6.76. The fourth-order valence-electron chi connectivity index (χ4n) is 3.96. The van der Waals surface area contributed by atoms with Crippen LogP contribution in [0.25, 0.3) is 10.2 Å². The second-order valence-electron chi connectivity index (χ2n) is 8.56. The summed E-state index contributed by atoms with van der Waals surface area (Å²) in [6.45, 7) is 4.61. The number of amides is 1. The van der Waals surface area contributed by atoms with Crippen LogP contribution < -0.4 is 10.9 Å². The van der Waals surface area contributed by atoms with Crippen LogP contribution in [0.15, 0.2) is 64.5 Å². The monoisotopic (exact) mass is 569 g/mol. The quantitative estimate of drug-likeness (QED) is 0.150. The van der Waals surface area contributed by atoms with Gasteiger partial charge in [0.05, 0.1) is 17.7 Å². The van der Waals surface area contributed by atoms with Crippen molar-refractivity contribution in [3.05, 3.63) is 91.5 Å². The molecule has 198 valence electrons. The number of hydrogen-bond donors (Lipinski definition) is 1. The average Bonchev–Trinajstić information content (AvgIpc) is 3.25. The maximum atomic E-state index is 13.7. The largest absolute Gasteiger partial charge is 0.462 e. The molecule has 4 aromatic rings. The van der Waals surface area contributed by atoms with E-state index in [0.717, 1.165) is 28.9 Å². The molecule has 0 unspecified atom stereocenters. The molecule has 0 aliphatic heterocycles. The Labute approximate surface area is 234 Å². The molecule has 0 spiro atoms. The van der Waals surface area contributed by atoms with Crippen LogP contribution in [0.5, 0.6) is 0 Å². The highest BCUT2D eigenvalue weighted by Crippen LogP contribution is 2.30. The molecule has 0 bridgehead atoms. The number of thioether (sulfide) groups is 1. The lowest BCUT2D eigenvalue weighted by atomic mass is 10.1. The van der Waals surface area contributed by atoms with E-state index < -0.39 is 5.97 Å². The lowest BCUT2D eigenvalue weighted by Gasteiger charge is -2.12. The maximum absolute atomic E-state index is 13.7. The van der Waals surface area contributed by atoms with Crippen LogP contribution in [0, 0.1) is 6.92 Å². The molecule has 2 aromatic carbocycles. The smallest absolute Gasteiger partial charge is 0.348 e. The Balaban J connectivity index is 1.56. The zero-order valence-electron chi connectivity index (χ0n) is 21.2. The van der Waals surface area contributed by atoms with Gasteiger partial charge in [-0.05, 0) is 55.5 Å². The zero-order valence-corrected chi connectivity index (χ0v) is 23.5. The highest BCUT2D eigenvalue weighted by Gasteiger charge is 2.23. The number of aromatic nitrogens is 2. The van der Waals surface area contributed by atoms with Gasteiger partial charge in [-0.3, -0.25) is 14.2 Å². The Hall–Kier alpha value is -3.14. The van der Waals surface area contributed by atoms with Crippen molar-refractivity contribution in [3.63, 3.8) is 0 Å². The number of carbonyl (C=O) groups is 2. The lowest BCUT2D eigenvalue weighted by molar-refractivity contribution is -0.118. The van der Waals surface area contributed by atoms with Crippen LogP contribution in [0.4, 0.5) is 0 Å². The second kappa shape index (κ2) is 13.1. The summed E-state index contributed by atoms with van der Waals surface area (Å²) in [5, 5.41) is 4.42. The molecule has 7 nitrogen and oxygen atoms in total. The Morgan fingerprint density at radius 3 is 2.50 bits per heavy atom. The minimum absolute atomic E-state index is 0.114. The normalized spacial score (nSPS) is 11.0. The van der Waals surface area contributed by atoms with Gasteiger partial charge in [-0.1, -0.05) is 65.8 Å². The minimum Gasteiger partial charge on any atom is -0.462 e. The molecule has 2 aromatic heterocycles. The fraction of sp³-hybridized carbons (Fsp3) is 0.286. The first-order chi connectivity index (χ1) is 18.4. The molecule has 0 radical (unpaired) electrons. The van der Waals surface area contributed by atoms with Crippen molar-refractivity contribution in [2.75, 3.05) is 18.9 Å². The number of benzene rings is 2. The van der Waals surface area contributed by atoms with Crippen molar-refractivity contribution in [1.82, 2.24) is 14.9 Å². The number of nitrogens with one attached hydrogen (secondary N) is 1. The summed E-state index contributed by atoms with van der Waals surface area (Å²) in [7, 11) is 0. The number of thiophene rings is 1. The number of ether oxygens (including phenoxy) is 1. The lowest BCUT2D eigenvalue weighted by Crippen LogP contribution is -2.28. The number of esters is 1. The summed E-state index contributed by atoms with van der Waals surface area (Å²) in [5.74, 6) is -0.491. The van der Waals surface area contributed by atoms with Gasteiger partial charge in [-0.15, -0.1) is 11.3 Å². The molecule has 38 heavy (non-hydrogen) atoms. The van der Waals surface area contributed by atoms with Crippen LogP contribution in [0.2, 0.25) is 5.02 Å². The van der Waals surface area contributed by atoms with E-state index in [0.29, 0.717) is 50.3 Å². The SMILES string of the molecule is CCOC(=O)c1sc2nc(SCC(=O)NCCc3ccccc3)n(CCc3ccc(Cl)cc3)c(=O)c2c1C. The summed E-state index contributed by atoms with van der Waals surface area (Å²) in [6, 6.07) is 17.4. The van der Waals surface area contributed by atoms with Crippen LogP contribution in [-0.2, 0) is 28.9 Å². The second-order valence-corrected chi connectivity index (χ2v) is 10.9. The third kappa shape index (κ3) is 6.83. The molecular weight excluding hydrogens is 542 g/mol. The van der Waals surface area contributed by atoms with Crippen LogP contribution in [0.3, 0.4) is 0 Å². The van der Waals surface area contributed by atoms with Crippen LogP contribution in [0.1, 0.15) is 33.3 Å². The molecule has 0 aliphatic carbocycles. The number of fused-ring (bicyclic) bond motifs is 1. The van der Waals surface area contributed by atoms with Gasteiger partial charge in [0.25, 0.3) is 5.56 Å². The summed E-state index contributed by atoms with van der Waals surface area (Å²) in [4.78, 5) is 44.2. The van der Waals surface area contributed by atoms with Crippen LogP contribution >= 0.6 is 34.7 Å². The van der Waals surface area contributed by atoms with Crippen molar-refractivity contribution in [2.45, 2.75) is 38.4 Å². The van der Waals surface area contributed by atoms with Crippen molar-refractivity contribution in [1.29, 1.82) is 0 Å². The van der Waals surface area contributed by atoms with Crippen molar-refractivity contribution < 1.29 is 14.3 Å². The van der Waals surface area contributed by atoms with E-state index in [1.165, 1.54) is 11.8 Å². The highest BCUT2D eigenvalue weighted by molar-refractivity contribution is 7.99. The third-order valence-corrected chi connectivity index (χ3v) is 8.32. The van der Waals surface area contributed by atoms with E-state index in [2.05, 4.69) is 5.32 Å². The van der Waals surface area contributed by atoms with Gasteiger partial charge in [-0.25, -0.2) is 9.78 Å². The molecule has 0 aliphatic rings. The Kier molecular flexibility index (Phi) is 9.60. The van der Waals surface area contributed by atoms with E-state index in [9.17, 15) is 14.4 Å². The molecule has 0 fully saturated rings. The summed E-state index contributed by atoms with van der Waals surface area (Å²) >= 11 is 8.37. The van der Waals surface area contributed by atoms with Gasteiger partial charge in [0.1, 0.15) is 9.71 Å². The third-order valence-electron chi connectivity index (χ3n) is 5.92. The standard InChI is InChI=1S/C28H28ClN3O4S2/c1-3-36-27(35)24-18(2)23-25(38-24)31-28(32(26(23)34)16-14-20-9-11-21(29)12-10-20)37-17-22(33)30-15-13-19-7-5-4-6-8-19/h4-12H,3,13-17H2,1-2H3,(H,30,33). The van der Waals surface area contributed by atoms with E-state index in [1.54, 1.807) is 18.4 Å². The molecule has 2 heterocycles. The molecule has 1 amide bonds. The molecule has 0 saturated carbocycles. The van der Waals surface area contributed by atoms with Gasteiger partial charge in [0, 0.05) is 18.1 Å². The molecular formula is C28H28ClN3O4S2. The average molecular weight is 570 g/mol. The minimum atomic E-state index is -0.466. The molecule has 0 saturated heterocycles. The molecule has 10 heteroatoms. The molecule has 0 atom stereocenters. The first-order valence-electron chi connectivity index (χ1n) is 12.3. The van der Waals surface area contributed by atoms with E-state index in [4.69, 9.17) is 21.3 Å². The number of aryl methyl sites for hydroxylation is 2.